The first-order chi connectivity index (χ1) is 9.19. The van der Waals surface area contributed by atoms with E-state index >= 15 is 0 Å². The third kappa shape index (κ3) is 2.09. The highest BCUT2D eigenvalue weighted by Gasteiger charge is 2.10. The monoisotopic (exact) mass is 273 g/mol. The second kappa shape index (κ2) is 4.64. The van der Waals surface area contributed by atoms with E-state index in [1.54, 1.807) is 11.3 Å². The maximum absolute atomic E-state index is 5.67. The Hall–Kier alpha value is -1.92. The summed E-state index contributed by atoms with van der Waals surface area (Å²) in [4.78, 5) is 7.47. The van der Waals surface area contributed by atoms with Crippen LogP contribution in [-0.4, -0.2) is 28.7 Å². The van der Waals surface area contributed by atoms with Gasteiger partial charge in [-0.25, -0.2) is 4.52 Å². The maximum Gasteiger partial charge on any atom is 0.212 e. The van der Waals surface area contributed by atoms with Crippen molar-refractivity contribution in [1.82, 2.24) is 14.6 Å². The number of aromatic nitrogens is 3. The predicted molar refractivity (Wildman–Crippen MR) is 78.5 cm³/mol. The number of thiazole rings is 1. The molecular weight excluding hydrogens is 258 g/mol. The van der Waals surface area contributed by atoms with Gasteiger partial charge in [0.1, 0.15) is 0 Å². The van der Waals surface area contributed by atoms with Crippen LogP contribution in [0.25, 0.3) is 16.3 Å². The molecule has 19 heavy (non-hydrogen) atoms. The second-order valence-corrected chi connectivity index (χ2v) is 5.34. The van der Waals surface area contributed by atoms with Crippen molar-refractivity contribution in [3.63, 3.8) is 0 Å². The van der Waals surface area contributed by atoms with E-state index in [9.17, 15) is 0 Å². The molecule has 0 aliphatic heterocycles. The Labute approximate surface area is 115 Å². The molecule has 3 rings (SSSR count). The van der Waals surface area contributed by atoms with Gasteiger partial charge >= 0.3 is 0 Å². The number of hydrogen-bond acceptors (Lipinski definition) is 5. The lowest BCUT2D eigenvalue weighted by molar-refractivity contribution is 0.868. The van der Waals surface area contributed by atoms with Gasteiger partial charge in [0, 0.05) is 37.3 Å². The van der Waals surface area contributed by atoms with Crippen molar-refractivity contribution < 1.29 is 0 Å². The van der Waals surface area contributed by atoms with Crippen molar-refractivity contribution in [2.24, 2.45) is 5.73 Å². The summed E-state index contributed by atoms with van der Waals surface area (Å²) in [6.45, 7) is 0.475. The van der Waals surface area contributed by atoms with Gasteiger partial charge in [-0.1, -0.05) is 0 Å². The quantitative estimate of drug-likeness (QED) is 0.792. The normalized spacial score (nSPS) is 11.1. The average Bonchev–Trinajstić information content (AvgIpc) is 2.98. The molecule has 0 fully saturated rings. The highest BCUT2D eigenvalue weighted by molar-refractivity contribution is 7.15. The number of nitrogens with zero attached hydrogens (tertiary/aromatic N) is 4. The Morgan fingerprint density at radius 2 is 2.00 bits per heavy atom. The molecule has 2 heterocycles. The van der Waals surface area contributed by atoms with Gasteiger partial charge < -0.3 is 10.6 Å². The van der Waals surface area contributed by atoms with Crippen LogP contribution in [0.1, 0.15) is 5.69 Å². The topological polar surface area (TPSA) is 59.5 Å². The van der Waals surface area contributed by atoms with E-state index in [4.69, 9.17) is 5.73 Å². The number of rotatable bonds is 3. The van der Waals surface area contributed by atoms with E-state index in [1.807, 2.05) is 36.1 Å². The average molecular weight is 273 g/mol. The van der Waals surface area contributed by atoms with Crippen LogP contribution in [0.2, 0.25) is 0 Å². The first-order valence-corrected chi connectivity index (χ1v) is 6.88. The molecule has 1 aromatic carbocycles. The minimum Gasteiger partial charge on any atom is -0.378 e. The summed E-state index contributed by atoms with van der Waals surface area (Å²) in [6, 6.07) is 8.20. The number of nitrogens with two attached hydrogens (primary N) is 1. The van der Waals surface area contributed by atoms with E-state index < -0.39 is 0 Å². The molecule has 0 saturated heterocycles. The van der Waals surface area contributed by atoms with Crippen LogP contribution in [0.5, 0.6) is 0 Å². The minimum absolute atomic E-state index is 0.475. The van der Waals surface area contributed by atoms with Gasteiger partial charge in [-0.2, -0.15) is 4.98 Å². The number of benzene rings is 1. The van der Waals surface area contributed by atoms with E-state index in [-0.39, 0.29) is 0 Å². The highest BCUT2D eigenvalue weighted by Crippen LogP contribution is 2.22. The molecule has 0 atom stereocenters. The lowest BCUT2D eigenvalue weighted by Crippen LogP contribution is -2.07. The highest BCUT2D eigenvalue weighted by atomic mass is 32.1. The van der Waals surface area contributed by atoms with Crippen LogP contribution < -0.4 is 10.6 Å². The summed E-state index contributed by atoms with van der Waals surface area (Å²) >= 11 is 1.56. The Morgan fingerprint density at radius 3 is 2.63 bits per heavy atom. The van der Waals surface area contributed by atoms with Gasteiger partial charge in [-0.15, -0.1) is 16.4 Å². The lowest BCUT2D eigenvalue weighted by Gasteiger charge is -2.11. The summed E-state index contributed by atoms with van der Waals surface area (Å²) in [6.07, 6.45) is 0. The summed E-state index contributed by atoms with van der Waals surface area (Å²) in [7, 11) is 4.04. The molecule has 98 valence electrons. The fourth-order valence-electron chi connectivity index (χ4n) is 1.90. The van der Waals surface area contributed by atoms with Gasteiger partial charge in [0.05, 0.1) is 5.69 Å². The zero-order valence-electron chi connectivity index (χ0n) is 10.9. The molecular formula is C13H15N5S. The van der Waals surface area contributed by atoms with Gasteiger partial charge in [0.25, 0.3) is 0 Å². The molecule has 6 heteroatoms. The van der Waals surface area contributed by atoms with Gasteiger partial charge in [-0.3, -0.25) is 0 Å². The Morgan fingerprint density at radius 1 is 1.26 bits per heavy atom. The largest absolute Gasteiger partial charge is 0.378 e. The Bertz CT molecular complexity index is 695. The fourth-order valence-corrected chi connectivity index (χ4v) is 2.73. The second-order valence-electron chi connectivity index (χ2n) is 4.50. The van der Waals surface area contributed by atoms with Crippen molar-refractivity contribution in [2.75, 3.05) is 19.0 Å². The zero-order chi connectivity index (χ0) is 13.4. The SMILES string of the molecule is CN(C)c1ccc(-c2nc3scc(CN)n3n2)cc1. The molecule has 0 amide bonds. The lowest BCUT2D eigenvalue weighted by atomic mass is 10.2. The fraction of sp³-hybridized carbons (Fsp3) is 0.231. The summed E-state index contributed by atoms with van der Waals surface area (Å²) in [5.74, 6) is 0.742. The molecule has 2 aromatic heterocycles. The molecule has 0 saturated carbocycles. The Kier molecular flexibility index (Phi) is 2.96. The van der Waals surface area contributed by atoms with Crippen LogP contribution in [0.15, 0.2) is 29.6 Å². The van der Waals surface area contributed by atoms with Gasteiger partial charge in [-0.05, 0) is 24.3 Å². The molecule has 5 nitrogen and oxygen atoms in total. The first-order valence-electron chi connectivity index (χ1n) is 6.00. The van der Waals surface area contributed by atoms with E-state index in [0.29, 0.717) is 6.54 Å². The van der Waals surface area contributed by atoms with E-state index in [0.717, 1.165) is 27.7 Å². The van der Waals surface area contributed by atoms with Crippen molar-refractivity contribution in [3.8, 4) is 11.4 Å². The molecule has 0 radical (unpaired) electrons. The molecule has 0 bridgehead atoms. The van der Waals surface area contributed by atoms with Crippen molar-refractivity contribution in [1.29, 1.82) is 0 Å². The molecule has 0 unspecified atom stereocenters. The standard InChI is InChI=1S/C13H15N5S/c1-17(2)10-5-3-9(4-6-10)12-15-13-18(16-12)11(7-14)8-19-13/h3-6,8H,7,14H2,1-2H3. The van der Waals surface area contributed by atoms with E-state index in [1.165, 1.54) is 0 Å². The smallest absolute Gasteiger partial charge is 0.212 e. The molecule has 3 aromatic rings. The summed E-state index contributed by atoms with van der Waals surface area (Å²) in [5.41, 5.74) is 8.84. The van der Waals surface area contributed by atoms with Crippen molar-refractivity contribution in [3.05, 3.63) is 35.3 Å². The van der Waals surface area contributed by atoms with Crippen LogP contribution in [-0.2, 0) is 6.54 Å². The Balaban J connectivity index is 2.01. The van der Waals surface area contributed by atoms with Crippen LogP contribution in [0, 0.1) is 0 Å². The van der Waals surface area contributed by atoms with Crippen LogP contribution >= 0.6 is 11.3 Å². The molecule has 0 aliphatic carbocycles. The molecule has 2 N–H and O–H groups in total. The molecule has 0 aliphatic rings. The van der Waals surface area contributed by atoms with Crippen molar-refractivity contribution >= 4 is 22.0 Å². The first kappa shape index (κ1) is 12.1. The summed E-state index contributed by atoms with van der Waals surface area (Å²) in [5, 5.41) is 6.50. The predicted octanol–water partition coefficient (Wildman–Crippen LogP) is 1.98. The number of anilines is 1. The van der Waals surface area contributed by atoms with Gasteiger partial charge in [0.15, 0.2) is 5.82 Å². The van der Waals surface area contributed by atoms with E-state index in [2.05, 4.69) is 27.1 Å². The third-order valence-electron chi connectivity index (χ3n) is 3.00. The van der Waals surface area contributed by atoms with Crippen molar-refractivity contribution in [2.45, 2.75) is 6.54 Å². The molecule has 0 spiro atoms. The van der Waals surface area contributed by atoms with Gasteiger partial charge in [0.2, 0.25) is 4.96 Å². The maximum atomic E-state index is 5.67. The zero-order valence-corrected chi connectivity index (χ0v) is 11.7. The summed E-state index contributed by atoms with van der Waals surface area (Å²) < 4.78 is 1.82. The number of fused-ring (bicyclic) bond motifs is 1. The number of hydrogen-bond donors (Lipinski definition) is 1. The van der Waals surface area contributed by atoms with Crippen LogP contribution in [0.4, 0.5) is 5.69 Å². The third-order valence-corrected chi connectivity index (χ3v) is 3.87. The van der Waals surface area contributed by atoms with Crippen LogP contribution in [0.3, 0.4) is 0 Å². The minimum atomic E-state index is 0.475.